The fourth-order valence-corrected chi connectivity index (χ4v) is 4.56. The number of carboxylic acid groups (broad SMARTS) is 2. The molecule has 0 spiro atoms. The summed E-state index contributed by atoms with van der Waals surface area (Å²) >= 11 is 1.47. The number of allylic oxidation sites excluding steroid dienone is 2. The number of rotatable bonds is 4. The Morgan fingerprint density at radius 3 is 2.60 bits per heavy atom. The first-order chi connectivity index (χ1) is 11.6. The van der Waals surface area contributed by atoms with Gasteiger partial charge >= 0.3 is 11.9 Å². The van der Waals surface area contributed by atoms with Crippen LogP contribution in [-0.2, 0) is 14.4 Å². The molecular weight excluding hydrogens is 346 g/mol. The molecule has 1 amide bonds. The molecule has 2 fully saturated rings. The van der Waals surface area contributed by atoms with Crippen LogP contribution in [-0.4, -0.2) is 67.7 Å². The quantitative estimate of drug-likeness (QED) is 0.509. The lowest BCUT2D eigenvalue weighted by Gasteiger charge is -2.41. The number of hydrogen-bond acceptors (Lipinski definition) is 6. The van der Waals surface area contributed by atoms with Crippen molar-refractivity contribution in [2.24, 2.45) is 5.73 Å². The van der Waals surface area contributed by atoms with Crippen molar-refractivity contribution in [2.75, 3.05) is 6.54 Å². The van der Waals surface area contributed by atoms with Crippen LogP contribution in [0.15, 0.2) is 24.3 Å². The normalized spacial score (nSPS) is 31.6. The Morgan fingerprint density at radius 1 is 1.40 bits per heavy atom. The number of nitrogens with one attached hydrogen (secondary N) is 1. The number of hydrogen-bond donors (Lipinski definition) is 4. The van der Waals surface area contributed by atoms with Gasteiger partial charge in [0, 0.05) is 10.8 Å². The molecule has 1 aliphatic carbocycles. The van der Waals surface area contributed by atoms with Gasteiger partial charge in [-0.2, -0.15) is 0 Å². The van der Waals surface area contributed by atoms with Crippen molar-refractivity contribution in [2.45, 2.75) is 48.5 Å². The monoisotopic (exact) mass is 369 g/mol. The molecule has 3 aliphatic rings. The summed E-state index contributed by atoms with van der Waals surface area (Å²) in [5, 5.41) is 20.1. The predicted octanol–water partition coefficient (Wildman–Crippen LogP) is 0.00590. The van der Waals surface area contributed by atoms with E-state index in [1.54, 1.807) is 0 Å². The molecule has 2 saturated heterocycles. The highest BCUT2D eigenvalue weighted by atomic mass is 32.2. The van der Waals surface area contributed by atoms with E-state index in [0.717, 1.165) is 6.42 Å². The number of fused-ring (bicyclic) bond motifs is 1. The number of carbonyl (C=O) groups is 3. The van der Waals surface area contributed by atoms with Gasteiger partial charge in [0.05, 0.1) is 6.54 Å². The van der Waals surface area contributed by atoms with Crippen LogP contribution in [0.1, 0.15) is 20.3 Å². The Labute approximate surface area is 150 Å². The van der Waals surface area contributed by atoms with Gasteiger partial charge in [-0.1, -0.05) is 24.3 Å². The average Bonchev–Trinajstić information content (AvgIpc) is 2.83. The minimum Gasteiger partial charge on any atom is -0.480 e. The van der Waals surface area contributed by atoms with Crippen LogP contribution in [0.5, 0.6) is 0 Å². The first-order valence-corrected chi connectivity index (χ1v) is 8.80. The highest BCUT2D eigenvalue weighted by Gasteiger charge is 2.62. The van der Waals surface area contributed by atoms with E-state index in [4.69, 9.17) is 15.9 Å². The van der Waals surface area contributed by atoms with Crippen molar-refractivity contribution in [1.29, 1.82) is 0 Å². The summed E-state index contributed by atoms with van der Waals surface area (Å²) in [6.45, 7) is 3.69. The van der Waals surface area contributed by atoms with Gasteiger partial charge < -0.3 is 26.2 Å². The van der Waals surface area contributed by atoms with Gasteiger partial charge in [0.15, 0.2) is 0 Å². The fraction of sp³-hybridized carbons (Fsp3) is 0.562. The predicted molar refractivity (Wildman–Crippen MR) is 94.0 cm³/mol. The number of thioether (sulfide) groups is 1. The summed E-state index contributed by atoms with van der Waals surface area (Å²) in [5.41, 5.74) is 5.59. The van der Waals surface area contributed by atoms with Crippen LogP contribution >= 0.6 is 11.8 Å². The van der Waals surface area contributed by atoms with Crippen molar-refractivity contribution in [3.05, 3.63) is 24.3 Å². The van der Waals surface area contributed by atoms with Crippen LogP contribution in [0.3, 0.4) is 0 Å². The van der Waals surface area contributed by atoms with Gasteiger partial charge in [-0.3, -0.25) is 9.59 Å². The number of amides is 1. The summed E-state index contributed by atoms with van der Waals surface area (Å²) in [6.07, 6.45) is 8.73. The lowest BCUT2D eigenvalue weighted by molar-refractivity contribution is -0.159. The van der Waals surface area contributed by atoms with Gasteiger partial charge in [-0.05, 0) is 20.3 Å². The number of nitrogens with two attached hydrogens (primary N) is 1. The van der Waals surface area contributed by atoms with Gasteiger partial charge in [0.1, 0.15) is 17.5 Å². The van der Waals surface area contributed by atoms with Crippen molar-refractivity contribution in [3.63, 3.8) is 0 Å². The second kappa shape index (κ2) is 7.59. The van der Waals surface area contributed by atoms with E-state index in [1.165, 1.54) is 16.7 Å². The Morgan fingerprint density at radius 2 is 2.08 bits per heavy atom. The molecule has 4 atom stereocenters. The molecule has 138 valence electrons. The number of β-lactam (4-membered cyclic amide) rings is 1. The molecule has 2 heterocycles. The third-order valence-corrected chi connectivity index (χ3v) is 5.80. The highest BCUT2D eigenvalue weighted by Crippen LogP contribution is 2.50. The van der Waals surface area contributed by atoms with E-state index in [-0.39, 0.29) is 23.9 Å². The van der Waals surface area contributed by atoms with E-state index >= 15 is 0 Å². The smallest absolute Gasteiger partial charge is 0.327 e. The molecule has 0 saturated carbocycles. The van der Waals surface area contributed by atoms with Gasteiger partial charge in [0.2, 0.25) is 5.91 Å². The molecular formula is C16H23N3O5S. The van der Waals surface area contributed by atoms with Crippen molar-refractivity contribution >= 4 is 29.6 Å². The number of aliphatic carboxylic acids is 2. The number of carbonyl (C=O) groups excluding carboxylic acids is 1. The van der Waals surface area contributed by atoms with E-state index in [1.807, 2.05) is 38.2 Å². The van der Waals surface area contributed by atoms with Gasteiger partial charge in [0.25, 0.3) is 0 Å². The molecule has 25 heavy (non-hydrogen) atoms. The Hall–Kier alpha value is -1.84. The summed E-state index contributed by atoms with van der Waals surface area (Å²) in [5.74, 6) is -2.02. The molecule has 0 radical (unpaired) electrons. The summed E-state index contributed by atoms with van der Waals surface area (Å²) in [4.78, 5) is 33.9. The lowest BCUT2D eigenvalue weighted by Crippen LogP contribution is -2.68. The Balaban J connectivity index is 0.000000186. The zero-order valence-electron chi connectivity index (χ0n) is 14.1. The van der Waals surface area contributed by atoms with Crippen LogP contribution in [0.25, 0.3) is 0 Å². The maximum Gasteiger partial charge on any atom is 0.327 e. The zero-order chi connectivity index (χ0) is 18.8. The Kier molecular flexibility index (Phi) is 5.91. The second-order valence-electron chi connectivity index (χ2n) is 6.55. The molecule has 2 aliphatic heterocycles. The van der Waals surface area contributed by atoms with E-state index in [9.17, 15) is 14.4 Å². The second-order valence-corrected chi connectivity index (χ2v) is 8.32. The van der Waals surface area contributed by atoms with Gasteiger partial charge in [-0.25, -0.2) is 4.79 Å². The van der Waals surface area contributed by atoms with Crippen molar-refractivity contribution < 1.29 is 24.6 Å². The largest absolute Gasteiger partial charge is 0.480 e. The first kappa shape index (κ1) is 19.5. The highest BCUT2D eigenvalue weighted by molar-refractivity contribution is 8.01. The number of nitrogens with zero attached hydrogens (tertiary/aromatic N) is 1. The van der Waals surface area contributed by atoms with Crippen LogP contribution in [0, 0.1) is 0 Å². The van der Waals surface area contributed by atoms with Gasteiger partial charge in [-0.15, -0.1) is 11.8 Å². The van der Waals surface area contributed by atoms with E-state index in [2.05, 4.69) is 5.32 Å². The standard InChI is InChI=1S/C8H12N2O3S.C8H11NO2/c1-8(2)4(7(12)13)10-5(11)3(9)6(10)14-8;10-8(11)6-9-7-4-2-1-3-5-7/h3-4,6H,9H2,1-2H3,(H,12,13);1-4,7,9H,5-6H2,(H,10,11)/t3-,4+,6-;/m1./s1. The zero-order valence-corrected chi connectivity index (χ0v) is 14.9. The average molecular weight is 369 g/mol. The fourth-order valence-electron chi connectivity index (χ4n) is 2.99. The molecule has 3 rings (SSSR count). The molecule has 0 aromatic rings. The maximum absolute atomic E-state index is 11.4. The van der Waals surface area contributed by atoms with E-state index < -0.39 is 28.8 Å². The van der Waals surface area contributed by atoms with Crippen LogP contribution in [0.4, 0.5) is 0 Å². The lowest BCUT2D eigenvalue weighted by atomic mass is 9.96. The maximum atomic E-state index is 11.4. The summed E-state index contributed by atoms with van der Waals surface area (Å²) in [7, 11) is 0. The summed E-state index contributed by atoms with van der Waals surface area (Å²) in [6, 6.07) is -1.08. The molecule has 1 unspecified atom stereocenters. The first-order valence-electron chi connectivity index (χ1n) is 7.92. The van der Waals surface area contributed by atoms with Crippen molar-refractivity contribution in [1.82, 2.24) is 10.2 Å². The molecule has 5 N–H and O–H groups in total. The number of carboxylic acids is 2. The molecule has 0 aromatic carbocycles. The minimum atomic E-state index is -0.953. The van der Waals surface area contributed by atoms with Crippen molar-refractivity contribution in [3.8, 4) is 0 Å². The molecule has 0 aromatic heterocycles. The molecule has 0 bridgehead atoms. The van der Waals surface area contributed by atoms with Crippen LogP contribution in [0.2, 0.25) is 0 Å². The Bertz CT molecular complexity index is 619. The minimum absolute atomic E-state index is 0.0306. The summed E-state index contributed by atoms with van der Waals surface area (Å²) < 4.78 is -0.458. The van der Waals surface area contributed by atoms with Crippen LogP contribution < -0.4 is 11.1 Å². The molecule has 9 heteroatoms. The topological polar surface area (TPSA) is 133 Å². The SMILES string of the molecule is CC1(C)S[C@@H]2[C@H](N)C(=O)N2[C@H]1C(=O)O.O=C(O)CNC1C=CC=CC1. The van der Waals surface area contributed by atoms with E-state index in [0.29, 0.717) is 0 Å². The molecule has 8 nitrogen and oxygen atoms in total. The third kappa shape index (κ3) is 4.23. The third-order valence-electron chi connectivity index (χ3n) is 4.21.